The van der Waals surface area contributed by atoms with Gasteiger partial charge in [0, 0.05) is 5.69 Å². The fraction of sp³-hybridized carbons (Fsp3) is 0.417. The highest BCUT2D eigenvalue weighted by Gasteiger charge is 2.23. The lowest BCUT2D eigenvalue weighted by Crippen LogP contribution is -2.32. The van der Waals surface area contributed by atoms with Crippen molar-refractivity contribution in [1.29, 1.82) is 0 Å². The van der Waals surface area contributed by atoms with E-state index in [4.69, 9.17) is 0 Å². The lowest BCUT2D eigenvalue weighted by Gasteiger charge is -2.20. The molecule has 0 heterocycles. The van der Waals surface area contributed by atoms with Crippen LogP contribution in [0.5, 0.6) is 0 Å². The Balaban J connectivity index is 3.08. The molecule has 6 heteroatoms. The molecule has 0 radical (unpaired) electrons. The van der Waals surface area contributed by atoms with Crippen molar-refractivity contribution in [3.8, 4) is 0 Å². The zero-order chi connectivity index (χ0) is 14.0. The zero-order valence-corrected chi connectivity index (χ0v) is 13.3. The van der Waals surface area contributed by atoms with Crippen molar-refractivity contribution in [2.75, 3.05) is 11.6 Å². The minimum atomic E-state index is -3.44. The topological polar surface area (TPSA) is 58.5 Å². The van der Waals surface area contributed by atoms with Crippen LogP contribution in [-0.4, -0.2) is 24.8 Å². The zero-order valence-electron chi connectivity index (χ0n) is 10.9. The molecule has 1 aromatic rings. The van der Waals surface area contributed by atoms with E-state index in [2.05, 4.69) is 25.6 Å². The molecule has 4 nitrogen and oxygen atoms in total. The fourth-order valence-corrected chi connectivity index (χ4v) is 2.13. The van der Waals surface area contributed by atoms with Crippen molar-refractivity contribution in [3.63, 3.8) is 0 Å². The Bertz CT molecular complexity index is 542. The highest BCUT2D eigenvalue weighted by Crippen LogP contribution is 2.21. The number of hydrogen-bond acceptors (Lipinski definition) is 2. The summed E-state index contributed by atoms with van der Waals surface area (Å²) in [5.41, 5.74) is 1.94. The number of halogens is 1. The third-order valence-electron chi connectivity index (χ3n) is 2.13. The van der Waals surface area contributed by atoms with Crippen LogP contribution in [-0.2, 0) is 10.0 Å². The smallest absolute Gasteiger partial charge is 0.251 e. The number of nitrogens with zero attached hydrogens (tertiary/aromatic N) is 1. The molecule has 0 saturated carbocycles. The Labute approximate surface area is 117 Å². The van der Waals surface area contributed by atoms with E-state index >= 15 is 0 Å². The van der Waals surface area contributed by atoms with E-state index in [1.807, 2.05) is 45.0 Å². The first kappa shape index (κ1) is 15.2. The number of benzene rings is 1. The summed E-state index contributed by atoms with van der Waals surface area (Å²) >= 11 is 3.41. The molecular weight excluding hydrogens is 316 g/mol. The summed E-state index contributed by atoms with van der Waals surface area (Å²) in [6.07, 6.45) is 1.07. The van der Waals surface area contributed by atoms with Crippen LogP contribution in [0, 0.1) is 6.92 Å². The minimum Gasteiger partial charge on any atom is -0.342 e. The SMILES string of the molecule is Cc1ccc(N/C(=N/S(C)(=O)=O)C(C)(C)Br)cc1. The largest absolute Gasteiger partial charge is 0.342 e. The van der Waals surface area contributed by atoms with E-state index in [-0.39, 0.29) is 0 Å². The molecule has 0 aliphatic carbocycles. The van der Waals surface area contributed by atoms with Gasteiger partial charge in [-0.2, -0.15) is 0 Å². The van der Waals surface area contributed by atoms with E-state index in [1.54, 1.807) is 0 Å². The standard InChI is InChI=1S/C12H17BrN2O2S/c1-9-5-7-10(8-6-9)14-11(12(2,3)13)15-18(4,16)17/h5-8H,1-4H3,(H,14,15). The van der Waals surface area contributed by atoms with Crippen molar-refractivity contribution in [2.45, 2.75) is 25.1 Å². The van der Waals surface area contributed by atoms with Crippen molar-refractivity contribution in [3.05, 3.63) is 29.8 Å². The van der Waals surface area contributed by atoms with Crippen molar-refractivity contribution in [2.24, 2.45) is 4.40 Å². The molecule has 0 saturated heterocycles. The number of alkyl halides is 1. The van der Waals surface area contributed by atoms with E-state index in [9.17, 15) is 8.42 Å². The summed E-state index contributed by atoms with van der Waals surface area (Å²) in [7, 11) is -3.44. The molecule has 1 aromatic carbocycles. The molecule has 0 spiro atoms. The Hall–Kier alpha value is -0.880. The van der Waals surface area contributed by atoms with Crippen LogP contribution >= 0.6 is 15.9 Å². The molecule has 0 unspecified atom stereocenters. The van der Waals surface area contributed by atoms with Gasteiger partial charge in [0.2, 0.25) is 0 Å². The van der Waals surface area contributed by atoms with Gasteiger partial charge < -0.3 is 5.32 Å². The summed E-state index contributed by atoms with van der Waals surface area (Å²) in [5, 5.41) is 3.03. The lowest BCUT2D eigenvalue weighted by molar-refractivity contribution is 0.603. The second kappa shape index (κ2) is 5.40. The first-order chi connectivity index (χ1) is 8.08. The van der Waals surface area contributed by atoms with Crippen LogP contribution in [0.4, 0.5) is 5.69 Å². The summed E-state index contributed by atoms with van der Waals surface area (Å²) in [5.74, 6) is 0.355. The van der Waals surface area contributed by atoms with Crippen molar-refractivity contribution >= 4 is 37.5 Å². The minimum absolute atomic E-state index is 0.355. The van der Waals surface area contributed by atoms with Crippen molar-refractivity contribution in [1.82, 2.24) is 0 Å². The number of aryl methyl sites for hydroxylation is 1. The summed E-state index contributed by atoms with van der Waals surface area (Å²) in [4.78, 5) is 0. The van der Waals surface area contributed by atoms with Gasteiger partial charge in [0.1, 0.15) is 5.84 Å². The van der Waals surface area contributed by atoms with E-state index in [1.165, 1.54) is 0 Å². The summed E-state index contributed by atoms with van der Waals surface area (Å²) in [6.45, 7) is 5.65. The Morgan fingerprint density at radius 1 is 1.28 bits per heavy atom. The maximum atomic E-state index is 11.3. The quantitative estimate of drug-likeness (QED) is 0.526. The third kappa shape index (κ3) is 5.18. The molecular formula is C12H17BrN2O2S. The van der Waals surface area contributed by atoms with Crippen LogP contribution in [0.2, 0.25) is 0 Å². The highest BCUT2D eigenvalue weighted by molar-refractivity contribution is 9.10. The van der Waals surface area contributed by atoms with Crippen LogP contribution in [0.25, 0.3) is 0 Å². The molecule has 100 valence electrons. The van der Waals surface area contributed by atoms with Gasteiger partial charge in [-0.25, -0.2) is 8.42 Å². The number of sulfonamides is 1. The fourth-order valence-electron chi connectivity index (χ4n) is 1.22. The third-order valence-corrected chi connectivity index (χ3v) is 3.02. The maximum Gasteiger partial charge on any atom is 0.251 e. The average Bonchev–Trinajstić information content (AvgIpc) is 2.17. The van der Waals surface area contributed by atoms with Gasteiger partial charge in [-0.15, -0.1) is 4.40 Å². The number of anilines is 1. The van der Waals surface area contributed by atoms with Gasteiger partial charge in [-0.05, 0) is 32.9 Å². The van der Waals surface area contributed by atoms with Gasteiger partial charge in [0.25, 0.3) is 10.0 Å². The first-order valence-electron chi connectivity index (χ1n) is 5.41. The van der Waals surface area contributed by atoms with Crippen LogP contribution in [0.1, 0.15) is 19.4 Å². The van der Waals surface area contributed by atoms with Crippen LogP contribution in [0.3, 0.4) is 0 Å². The normalized spacial score (nSPS) is 13.5. The lowest BCUT2D eigenvalue weighted by atomic mass is 10.1. The molecule has 1 N–H and O–H groups in total. The predicted octanol–water partition coefficient (Wildman–Crippen LogP) is 2.94. The van der Waals surface area contributed by atoms with Gasteiger partial charge in [-0.1, -0.05) is 33.6 Å². The summed E-state index contributed by atoms with van der Waals surface area (Å²) < 4.78 is 25.7. The van der Waals surface area contributed by atoms with E-state index in [0.29, 0.717) is 5.84 Å². The maximum absolute atomic E-state index is 11.3. The van der Waals surface area contributed by atoms with Gasteiger partial charge in [0.05, 0.1) is 10.6 Å². The molecule has 1 rings (SSSR count). The second-order valence-corrected chi connectivity index (χ2v) is 8.27. The van der Waals surface area contributed by atoms with Crippen LogP contribution < -0.4 is 5.32 Å². The molecule has 0 amide bonds. The molecule has 0 fully saturated rings. The first-order valence-corrected chi connectivity index (χ1v) is 8.05. The second-order valence-electron chi connectivity index (χ2n) is 4.64. The van der Waals surface area contributed by atoms with Gasteiger partial charge in [0.15, 0.2) is 0 Å². The molecule has 0 aromatic heterocycles. The summed E-state index contributed by atoms with van der Waals surface area (Å²) in [6, 6.07) is 7.65. The molecule has 18 heavy (non-hydrogen) atoms. The predicted molar refractivity (Wildman–Crippen MR) is 80.1 cm³/mol. The van der Waals surface area contributed by atoms with Crippen molar-refractivity contribution < 1.29 is 8.42 Å². The molecule has 0 aliphatic heterocycles. The molecule has 0 atom stereocenters. The Kier molecular flexibility index (Phi) is 4.55. The van der Waals surface area contributed by atoms with Crippen LogP contribution in [0.15, 0.2) is 28.7 Å². The number of amidine groups is 1. The molecule has 0 aliphatic rings. The number of nitrogens with one attached hydrogen (secondary N) is 1. The number of rotatable bonds is 3. The Morgan fingerprint density at radius 3 is 2.17 bits per heavy atom. The monoisotopic (exact) mass is 332 g/mol. The number of hydrogen-bond donors (Lipinski definition) is 1. The van der Waals surface area contributed by atoms with Gasteiger partial charge in [-0.3, -0.25) is 0 Å². The molecule has 0 bridgehead atoms. The van der Waals surface area contributed by atoms with Gasteiger partial charge >= 0.3 is 0 Å². The average molecular weight is 333 g/mol. The van der Waals surface area contributed by atoms with E-state index in [0.717, 1.165) is 17.5 Å². The highest BCUT2D eigenvalue weighted by atomic mass is 79.9. The Morgan fingerprint density at radius 2 is 1.78 bits per heavy atom. The van der Waals surface area contributed by atoms with E-state index < -0.39 is 14.3 Å².